The molecule has 0 saturated heterocycles. The number of phenols is 1. The number of fused-ring (bicyclic) bond motifs is 3. The Morgan fingerprint density at radius 3 is 2.27 bits per heavy atom. The third-order valence-electron chi connectivity index (χ3n) is 8.78. The number of hydrogen-bond acceptors (Lipinski definition) is 11. The zero-order valence-electron chi connectivity index (χ0n) is 24.3. The molecule has 2 aromatic carbocycles. The number of anilines is 2. The van der Waals surface area contributed by atoms with Crippen LogP contribution in [0.15, 0.2) is 34.8 Å². The first kappa shape index (κ1) is 31.3. The molecular formula is C30H31BrN4O9. The average Bonchev–Trinajstić information content (AvgIpc) is 2.93. The number of carbonyl (C=O) groups is 6. The lowest BCUT2D eigenvalue weighted by Gasteiger charge is -2.52. The number of carbonyl (C=O) groups excluding carboxylic acids is 6. The molecule has 0 bridgehead atoms. The van der Waals surface area contributed by atoms with Crippen LogP contribution >= 0.6 is 15.9 Å². The SMILES string of the molecule is CN(C)c1cc(NC(=O)Oc2ccc(Br)cc2)c(O)c2c1C[C@H]1C[C@H]3[C@H](N(C)C)C(=O)C(C(N)=O)C(=O)[C@@]3(O)C(=O)C1C2=O. The standard InChI is InChI=1S/C30H31BrN4O9/c1-34(2)18-11-17(33-29(42)44-14-7-5-13(31)6-8-14)23(36)20-15(18)9-12-10-16-22(35(3)4)25(38)21(28(32)41)27(40)30(16,43)26(39)19(12)24(20)37/h5-8,11-12,16,19,21-22,36,43H,9-10H2,1-4H3,(H2,32,41)(H,33,42)/t12-,16-,19?,21?,22-,30-/m0/s1. The second kappa shape index (κ2) is 11.1. The van der Waals surface area contributed by atoms with Crippen LogP contribution < -0.4 is 20.7 Å². The van der Waals surface area contributed by atoms with E-state index in [4.69, 9.17) is 10.5 Å². The van der Waals surface area contributed by atoms with Gasteiger partial charge in [-0.1, -0.05) is 15.9 Å². The Kier molecular flexibility index (Phi) is 7.89. The molecule has 6 atom stereocenters. The monoisotopic (exact) mass is 670 g/mol. The molecule has 5 rings (SSSR count). The molecule has 5 N–H and O–H groups in total. The van der Waals surface area contributed by atoms with Gasteiger partial charge in [0.1, 0.15) is 11.5 Å². The second-order valence-corrected chi connectivity index (χ2v) is 12.7. The highest BCUT2D eigenvalue weighted by atomic mass is 79.9. The highest BCUT2D eigenvalue weighted by Crippen LogP contribution is 2.52. The number of nitrogens with one attached hydrogen (secondary N) is 1. The van der Waals surface area contributed by atoms with E-state index < -0.39 is 76.2 Å². The van der Waals surface area contributed by atoms with Crippen molar-refractivity contribution in [2.45, 2.75) is 24.5 Å². The van der Waals surface area contributed by atoms with E-state index in [-0.39, 0.29) is 29.8 Å². The number of aromatic hydroxyl groups is 1. The van der Waals surface area contributed by atoms with Gasteiger partial charge in [0.2, 0.25) is 5.91 Å². The number of ketones is 4. The van der Waals surface area contributed by atoms with Gasteiger partial charge >= 0.3 is 6.09 Å². The smallest absolute Gasteiger partial charge is 0.417 e. The summed E-state index contributed by atoms with van der Waals surface area (Å²) in [6.45, 7) is 0. The molecule has 2 saturated carbocycles. The summed E-state index contributed by atoms with van der Waals surface area (Å²) in [5.41, 5.74) is 2.98. The van der Waals surface area contributed by atoms with Gasteiger partial charge in [0.05, 0.1) is 23.2 Å². The van der Waals surface area contributed by atoms with Crippen LogP contribution in [0.2, 0.25) is 0 Å². The Bertz CT molecular complexity index is 1620. The van der Waals surface area contributed by atoms with Crippen LogP contribution in [0.1, 0.15) is 22.3 Å². The summed E-state index contributed by atoms with van der Waals surface area (Å²) in [6.07, 6.45) is -0.947. The van der Waals surface area contributed by atoms with Crippen LogP contribution in [0.3, 0.4) is 0 Å². The number of halogens is 1. The van der Waals surface area contributed by atoms with E-state index in [1.807, 2.05) is 0 Å². The number of nitrogens with two attached hydrogens (primary N) is 1. The summed E-state index contributed by atoms with van der Waals surface area (Å²) in [6, 6.07) is 6.69. The average molecular weight is 672 g/mol. The second-order valence-electron chi connectivity index (χ2n) is 11.8. The third-order valence-corrected chi connectivity index (χ3v) is 9.31. The van der Waals surface area contributed by atoms with Gasteiger partial charge < -0.3 is 25.6 Å². The maximum Gasteiger partial charge on any atom is 0.417 e. The van der Waals surface area contributed by atoms with Crippen molar-refractivity contribution in [2.24, 2.45) is 29.4 Å². The van der Waals surface area contributed by atoms with E-state index >= 15 is 0 Å². The number of nitrogens with zero attached hydrogens (tertiary/aromatic N) is 2. The number of benzene rings is 2. The Hall–Kier alpha value is -4.14. The number of aliphatic hydroxyl groups is 1. The van der Waals surface area contributed by atoms with Crippen molar-refractivity contribution < 1.29 is 43.7 Å². The molecule has 3 aliphatic carbocycles. The molecule has 44 heavy (non-hydrogen) atoms. The Morgan fingerprint density at radius 1 is 1.07 bits per heavy atom. The fourth-order valence-electron chi connectivity index (χ4n) is 6.89. The minimum absolute atomic E-state index is 0.0724. The lowest BCUT2D eigenvalue weighted by molar-refractivity contribution is -0.181. The van der Waals surface area contributed by atoms with Gasteiger partial charge in [-0.05, 0) is 68.8 Å². The highest BCUT2D eigenvalue weighted by molar-refractivity contribution is 9.10. The fourth-order valence-corrected chi connectivity index (χ4v) is 7.16. The van der Waals surface area contributed by atoms with E-state index in [0.717, 1.165) is 4.47 Å². The molecule has 14 heteroatoms. The summed E-state index contributed by atoms with van der Waals surface area (Å²) in [5.74, 6) is -11.5. The number of rotatable bonds is 5. The van der Waals surface area contributed by atoms with Gasteiger partial charge in [-0.2, -0.15) is 0 Å². The van der Waals surface area contributed by atoms with Crippen LogP contribution in [0.5, 0.6) is 11.5 Å². The van der Waals surface area contributed by atoms with Crippen LogP contribution in [0.4, 0.5) is 16.2 Å². The van der Waals surface area contributed by atoms with E-state index in [2.05, 4.69) is 21.2 Å². The van der Waals surface area contributed by atoms with Gasteiger partial charge in [0.15, 0.2) is 34.7 Å². The fraction of sp³-hybridized carbons (Fsp3) is 0.400. The number of Topliss-reactive ketones (excluding diaryl/α,β-unsaturated/α-hetero) is 4. The molecule has 0 aromatic heterocycles. The molecule has 2 unspecified atom stereocenters. The zero-order valence-corrected chi connectivity index (χ0v) is 25.9. The first-order valence-corrected chi connectivity index (χ1v) is 14.5. The predicted octanol–water partition coefficient (Wildman–Crippen LogP) is 1.31. The topological polar surface area (TPSA) is 197 Å². The minimum atomic E-state index is -2.83. The highest BCUT2D eigenvalue weighted by Gasteiger charge is 2.69. The van der Waals surface area contributed by atoms with E-state index in [0.29, 0.717) is 11.3 Å². The Morgan fingerprint density at radius 2 is 1.70 bits per heavy atom. The summed E-state index contributed by atoms with van der Waals surface area (Å²) < 4.78 is 6.05. The number of likely N-dealkylation sites (N-methyl/N-ethyl adjacent to an activating group) is 1. The van der Waals surface area contributed by atoms with Crippen molar-refractivity contribution in [1.82, 2.24) is 4.90 Å². The van der Waals surface area contributed by atoms with E-state index in [9.17, 15) is 39.0 Å². The molecule has 0 spiro atoms. The largest absolute Gasteiger partial charge is 0.505 e. The number of amides is 2. The number of phenolic OH excluding ortho intramolecular Hbond substituents is 1. The van der Waals surface area contributed by atoms with E-state index in [1.165, 1.54) is 25.1 Å². The van der Waals surface area contributed by atoms with Gasteiger partial charge in [-0.25, -0.2) is 4.79 Å². The van der Waals surface area contributed by atoms with Gasteiger partial charge in [-0.3, -0.25) is 34.2 Å². The molecule has 0 heterocycles. The summed E-state index contributed by atoms with van der Waals surface area (Å²) in [4.78, 5) is 82.8. The van der Waals surface area contributed by atoms with Crippen LogP contribution in [-0.4, -0.2) is 90.1 Å². The molecule has 232 valence electrons. The maximum atomic E-state index is 14.1. The van der Waals surface area contributed by atoms with Crippen molar-refractivity contribution >= 4 is 62.4 Å². The van der Waals surface area contributed by atoms with Crippen LogP contribution in [-0.2, 0) is 25.6 Å². The zero-order chi connectivity index (χ0) is 32.4. The van der Waals surface area contributed by atoms with Crippen molar-refractivity contribution in [3.8, 4) is 11.5 Å². The van der Waals surface area contributed by atoms with Gasteiger partial charge in [0.25, 0.3) is 0 Å². The van der Waals surface area contributed by atoms with Crippen LogP contribution in [0.25, 0.3) is 0 Å². The minimum Gasteiger partial charge on any atom is -0.505 e. The molecule has 13 nitrogen and oxygen atoms in total. The van der Waals surface area contributed by atoms with Crippen LogP contribution in [0, 0.1) is 23.7 Å². The molecule has 3 aliphatic rings. The van der Waals surface area contributed by atoms with Crippen molar-refractivity contribution in [3.63, 3.8) is 0 Å². The van der Waals surface area contributed by atoms with Crippen molar-refractivity contribution in [1.29, 1.82) is 0 Å². The van der Waals surface area contributed by atoms with Gasteiger partial charge in [0, 0.05) is 30.2 Å². The lowest BCUT2D eigenvalue weighted by Crippen LogP contribution is -2.74. The maximum absolute atomic E-state index is 14.1. The van der Waals surface area contributed by atoms with E-state index in [1.54, 1.807) is 43.3 Å². The first-order valence-electron chi connectivity index (χ1n) is 13.7. The van der Waals surface area contributed by atoms with Crippen molar-refractivity contribution in [2.75, 3.05) is 38.4 Å². The quantitative estimate of drug-likeness (QED) is 0.264. The first-order chi connectivity index (χ1) is 20.6. The predicted molar refractivity (Wildman–Crippen MR) is 159 cm³/mol. The molecule has 2 fully saturated rings. The Balaban J connectivity index is 1.57. The molecule has 0 aliphatic heterocycles. The van der Waals surface area contributed by atoms with Gasteiger partial charge in [-0.15, -0.1) is 0 Å². The summed E-state index contributed by atoms with van der Waals surface area (Å²) in [5, 5.41) is 25.5. The normalized spacial score (nSPS) is 27.8. The summed E-state index contributed by atoms with van der Waals surface area (Å²) >= 11 is 3.29. The lowest BCUT2D eigenvalue weighted by atomic mass is 9.52. The number of hydrogen-bond donors (Lipinski definition) is 4. The molecule has 2 amide bonds. The molecule has 0 radical (unpaired) electrons. The summed E-state index contributed by atoms with van der Waals surface area (Å²) in [7, 11) is 6.44. The third kappa shape index (κ3) is 4.77. The number of primary amides is 1. The Labute approximate surface area is 260 Å². The van der Waals surface area contributed by atoms with Crippen molar-refractivity contribution in [3.05, 3.63) is 45.9 Å². The molecule has 2 aromatic rings. The number of ether oxygens (including phenoxy) is 1. The molecular weight excluding hydrogens is 640 g/mol.